The predicted octanol–water partition coefficient (Wildman–Crippen LogP) is 2.91. The Labute approximate surface area is 172 Å². The molecule has 2 N–H and O–H groups in total. The Morgan fingerprint density at radius 1 is 1.03 bits per heavy atom. The largest absolute Gasteiger partial charge is 0.372 e. The van der Waals surface area contributed by atoms with Crippen LogP contribution in [0.1, 0.15) is 30.9 Å². The average Bonchev–Trinajstić information content (AvgIpc) is 3.26. The number of anilines is 1. The van der Waals surface area contributed by atoms with Gasteiger partial charge in [-0.25, -0.2) is 13.1 Å². The molecule has 0 spiro atoms. The second kappa shape index (κ2) is 9.71. The molecule has 1 amide bonds. The van der Waals surface area contributed by atoms with Gasteiger partial charge in [0.25, 0.3) is 0 Å². The van der Waals surface area contributed by atoms with Crippen molar-refractivity contribution < 1.29 is 13.2 Å². The van der Waals surface area contributed by atoms with Gasteiger partial charge in [0.1, 0.15) is 0 Å². The molecule has 29 heavy (non-hydrogen) atoms. The molecule has 0 radical (unpaired) electrons. The van der Waals surface area contributed by atoms with Crippen molar-refractivity contribution in [1.82, 2.24) is 10.0 Å². The van der Waals surface area contributed by atoms with Crippen LogP contribution in [0, 0.1) is 0 Å². The molecule has 2 aromatic carbocycles. The number of benzene rings is 2. The molecule has 2 aromatic rings. The van der Waals surface area contributed by atoms with Crippen LogP contribution in [0.15, 0.2) is 59.5 Å². The van der Waals surface area contributed by atoms with E-state index < -0.39 is 10.0 Å². The number of carbonyl (C=O) groups excluding carboxylic acids is 1. The molecule has 0 aromatic heterocycles. The van der Waals surface area contributed by atoms with E-state index in [0.29, 0.717) is 13.1 Å². The minimum Gasteiger partial charge on any atom is -0.372 e. The lowest BCUT2D eigenvalue weighted by atomic mass is 10.2. The van der Waals surface area contributed by atoms with E-state index in [1.165, 1.54) is 36.7 Å². The standard InChI is InChI=1S/C22H27N3O3S/c1-2-24-29(27,28)21-12-7-18(8-13-21)9-14-22(26)23-17-19-5-10-20(11-6-19)25-15-3-4-16-25/h5-14,24H,2-4,15-17H2,1H3,(H,23,26)/b14-9+. The van der Waals surface area contributed by atoms with Crippen LogP contribution >= 0.6 is 0 Å². The van der Waals surface area contributed by atoms with Crippen LogP contribution in [-0.2, 0) is 21.4 Å². The Balaban J connectivity index is 1.50. The van der Waals surface area contributed by atoms with E-state index in [0.717, 1.165) is 24.2 Å². The van der Waals surface area contributed by atoms with Crippen molar-refractivity contribution in [2.24, 2.45) is 0 Å². The van der Waals surface area contributed by atoms with Gasteiger partial charge in [-0.3, -0.25) is 4.79 Å². The van der Waals surface area contributed by atoms with Gasteiger partial charge >= 0.3 is 0 Å². The van der Waals surface area contributed by atoms with Crippen molar-refractivity contribution in [1.29, 1.82) is 0 Å². The molecule has 1 fully saturated rings. The summed E-state index contributed by atoms with van der Waals surface area (Å²) >= 11 is 0. The second-order valence-corrected chi connectivity index (χ2v) is 8.75. The quantitative estimate of drug-likeness (QED) is 0.653. The summed E-state index contributed by atoms with van der Waals surface area (Å²) in [5.74, 6) is -0.196. The first-order valence-electron chi connectivity index (χ1n) is 9.87. The number of amides is 1. The van der Waals surface area contributed by atoms with Crippen molar-refractivity contribution >= 4 is 27.7 Å². The SMILES string of the molecule is CCNS(=O)(=O)c1ccc(/C=C/C(=O)NCc2ccc(N3CCCC3)cc2)cc1. The molecule has 1 saturated heterocycles. The molecule has 1 heterocycles. The summed E-state index contributed by atoms with van der Waals surface area (Å²) in [7, 11) is -3.46. The van der Waals surface area contributed by atoms with Crippen LogP contribution < -0.4 is 14.9 Å². The molecule has 0 atom stereocenters. The molecule has 154 valence electrons. The highest BCUT2D eigenvalue weighted by Gasteiger charge is 2.12. The normalized spacial score (nSPS) is 14.4. The minimum atomic E-state index is -3.46. The van der Waals surface area contributed by atoms with Crippen molar-refractivity contribution in [2.45, 2.75) is 31.2 Å². The minimum absolute atomic E-state index is 0.196. The summed E-state index contributed by atoms with van der Waals surface area (Å²) < 4.78 is 26.3. The molecule has 0 bridgehead atoms. The van der Waals surface area contributed by atoms with Gasteiger partial charge in [-0.05, 0) is 54.3 Å². The van der Waals surface area contributed by atoms with E-state index >= 15 is 0 Å². The van der Waals surface area contributed by atoms with Crippen LogP contribution in [0.4, 0.5) is 5.69 Å². The van der Waals surface area contributed by atoms with Crippen LogP contribution in [0.2, 0.25) is 0 Å². The number of rotatable bonds is 8. The fourth-order valence-electron chi connectivity index (χ4n) is 3.25. The van der Waals surface area contributed by atoms with Crippen LogP contribution in [-0.4, -0.2) is 34.0 Å². The van der Waals surface area contributed by atoms with Gasteiger partial charge in [-0.2, -0.15) is 0 Å². The highest BCUT2D eigenvalue weighted by Crippen LogP contribution is 2.20. The maximum atomic E-state index is 12.1. The molecule has 0 saturated carbocycles. The van der Waals surface area contributed by atoms with E-state index in [1.54, 1.807) is 25.1 Å². The van der Waals surface area contributed by atoms with Crippen LogP contribution in [0.3, 0.4) is 0 Å². The highest BCUT2D eigenvalue weighted by atomic mass is 32.2. The molecule has 3 rings (SSSR count). The topological polar surface area (TPSA) is 78.5 Å². The van der Waals surface area contributed by atoms with Gasteiger partial charge in [-0.1, -0.05) is 31.2 Å². The van der Waals surface area contributed by atoms with Crippen molar-refractivity contribution in [3.05, 3.63) is 65.7 Å². The fraction of sp³-hybridized carbons (Fsp3) is 0.318. The first kappa shape index (κ1) is 21.1. The zero-order chi connectivity index (χ0) is 20.7. The van der Waals surface area contributed by atoms with E-state index in [4.69, 9.17) is 0 Å². The fourth-order valence-corrected chi connectivity index (χ4v) is 4.29. The molecular weight excluding hydrogens is 386 g/mol. The van der Waals surface area contributed by atoms with Gasteiger partial charge in [0, 0.05) is 37.9 Å². The Hall–Kier alpha value is -2.64. The van der Waals surface area contributed by atoms with Crippen molar-refractivity contribution in [3.8, 4) is 0 Å². The molecule has 1 aliphatic rings. The number of nitrogens with zero attached hydrogens (tertiary/aromatic N) is 1. The molecular formula is C22H27N3O3S. The maximum Gasteiger partial charge on any atom is 0.244 e. The monoisotopic (exact) mass is 413 g/mol. The van der Waals surface area contributed by atoms with Crippen LogP contribution in [0.5, 0.6) is 0 Å². The van der Waals surface area contributed by atoms with Crippen molar-refractivity contribution in [3.63, 3.8) is 0 Å². The second-order valence-electron chi connectivity index (χ2n) is 6.98. The third kappa shape index (κ3) is 5.92. The summed E-state index contributed by atoms with van der Waals surface area (Å²) in [4.78, 5) is 14.6. The first-order chi connectivity index (χ1) is 14.0. The van der Waals surface area contributed by atoms with Gasteiger partial charge in [0.2, 0.25) is 15.9 Å². The Bertz CT molecular complexity index is 946. The molecule has 1 aliphatic heterocycles. The summed E-state index contributed by atoms with van der Waals surface area (Å²) in [5.41, 5.74) is 3.04. The third-order valence-corrected chi connectivity index (χ3v) is 6.39. The average molecular weight is 414 g/mol. The summed E-state index contributed by atoms with van der Waals surface area (Å²) in [6.45, 7) is 4.76. The lowest BCUT2D eigenvalue weighted by Crippen LogP contribution is -2.23. The number of hydrogen-bond acceptors (Lipinski definition) is 4. The first-order valence-corrected chi connectivity index (χ1v) is 11.4. The third-order valence-electron chi connectivity index (χ3n) is 4.83. The maximum absolute atomic E-state index is 12.1. The molecule has 0 aliphatic carbocycles. The summed E-state index contributed by atoms with van der Waals surface area (Å²) in [5, 5.41) is 2.87. The van der Waals surface area contributed by atoms with Gasteiger partial charge in [-0.15, -0.1) is 0 Å². The Morgan fingerprint density at radius 3 is 2.31 bits per heavy atom. The lowest BCUT2D eigenvalue weighted by molar-refractivity contribution is -0.116. The Kier molecular flexibility index (Phi) is 7.06. The van der Waals surface area contributed by atoms with Gasteiger partial charge < -0.3 is 10.2 Å². The van der Waals surface area contributed by atoms with E-state index in [-0.39, 0.29) is 10.8 Å². The Morgan fingerprint density at radius 2 is 1.69 bits per heavy atom. The van der Waals surface area contributed by atoms with E-state index in [9.17, 15) is 13.2 Å². The lowest BCUT2D eigenvalue weighted by Gasteiger charge is -2.17. The number of hydrogen-bond donors (Lipinski definition) is 2. The summed E-state index contributed by atoms with van der Waals surface area (Å²) in [6.07, 6.45) is 5.61. The molecule has 6 nitrogen and oxygen atoms in total. The smallest absolute Gasteiger partial charge is 0.244 e. The van der Waals surface area contributed by atoms with E-state index in [2.05, 4.69) is 27.1 Å². The number of carbonyl (C=O) groups is 1. The van der Waals surface area contributed by atoms with Crippen LogP contribution in [0.25, 0.3) is 6.08 Å². The van der Waals surface area contributed by atoms with E-state index in [1.807, 2.05) is 12.1 Å². The number of sulfonamides is 1. The summed E-state index contributed by atoms with van der Waals surface area (Å²) in [6, 6.07) is 14.7. The zero-order valence-corrected chi connectivity index (χ0v) is 17.4. The van der Waals surface area contributed by atoms with Crippen molar-refractivity contribution in [2.75, 3.05) is 24.5 Å². The predicted molar refractivity (Wildman–Crippen MR) is 116 cm³/mol. The molecule has 0 unspecified atom stereocenters. The zero-order valence-electron chi connectivity index (χ0n) is 16.6. The van der Waals surface area contributed by atoms with Gasteiger partial charge in [0.05, 0.1) is 4.90 Å². The van der Waals surface area contributed by atoms with Gasteiger partial charge in [0.15, 0.2) is 0 Å². The molecule has 7 heteroatoms. The number of nitrogens with one attached hydrogen (secondary N) is 2. The highest BCUT2D eigenvalue weighted by molar-refractivity contribution is 7.89.